The van der Waals surface area contributed by atoms with E-state index in [2.05, 4.69) is 22.3 Å². The third-order valence-corrected chi connectivity index (χ3v) is 3.58. The molecule has 0 aromatic heterocycles. The summed E-state index contributed by atoms with van der Waals surface area (Å²) in [6, 6.07) is 6.25. The van der Waals surface area contributed by atoms with E-state index in [4.69, 9.17) is 4.74 Å². The summed E-state index contributed by atoms with van der Waals surface area (Å²) < 4.78 is 5.36. The number of hydrogen-bond acceptors (Lipinski definition) is 4. The average Bonchev–Trinajstić information content (AvgIpc) is 2.42. The van der Waals surface area contributed by atoms with Gasteiger partial charge in [-0.25, -0.2) is 0 Å². The standard InChI is InChI=1S/C14H22N2O2.ClH/c1-11-3-4-12(9-14(11)18-2)13(10-17)16-7-5-15-6-8-16;/h3-4,9,13,15,17H,5-8,10H2,1-2H3;1H/t13-;/m0./s1. The second-order valence-electron chi connectivity index (χ2n) is 4.71. The third-order valence-electron chi connectivity index (χ3n) is 3.58. The molecule has 0 spiro atoms. The van der Waals surface area contributed by atoms with E-state index < -0.39 is 0 Å². The van der Waals surface area contributed by atoms with E-state index in [9.17, 15) is 5.11 Å². The number of methoxy groups -OCH3 is 1. The smallest absolute Gasteiger partial charge is 0.122 e. The van der Waals surface area contributed by atoms with Crippen LogP contribution in [0, 0.1) is 6.92 Å². The molecule has 0 amide bonds. The fourth-order valence-corrected chi connectivity index (χ4v) is 2.47. The quantitative estimate of drug-likeness (QED) is 0.877. The van der Waals surface area contributed by atoms with Crippen molar-refractivity contribution in [3.63, 3.8) is 0 Å². The highest BCUT2D eigenvalue weighted by Crippen LogP contribution is 2.26. The zero-order valence-electron chi connectivity index (χ0n) is 11.6. The molecule has 0 unspecified atom stereocenters. The largest absolute Gasteiger partial charge is 0.496 e. The Morgan fingerprint density at radius 1 is 1.37 bits per heavy atom. The Balaban J connectivity index is 0.00000180. The molecule has 1 atom stereocenters. The van der Waals surface area contributed by atoms with Gasteiger partial charge in [-0.3, -0.25) is 4.90 Å². The number of aryl methyl sites for hydroxylation is 1. The first kappa shape index (κ1) is 16.2. The van der Waals surface area contributed by atoms with Crippen LogP contribution in [0.25, 0.3) is 0 Å². The summed E-state index contributed by atoms with van der Waals surface area (Å²) >= 11 is 0. The normalized spacial score (nSPS) is 17.6. The number of ether oxygens (including phenoxy) is 1. The predicted molar refractivity (Wildman–Crippen MR) is 79.2 cm³/mol. The van der Waals surface area contributed by atoms with Crippen LogP contribution in [0.4, 0.5) is 0 Å². The van der Waals surface area contributed by atoms with Gasteiger partial charge in [0.1, 0.15) is 5.75 Å². The van der Waals surface area contributed by atoms with Crippen molar-refractivity contribution in [2.45, 2.75) is 13.0 Å². The lowest BCUT2D eigenvalue weighted by Crippen LogP contribution is -2.46. The molecule has 5 heteroatoms. The first-order valence-corrected chi connectivity index (χ1v) is 6.46. The molecule has 0 saturated carbocycles. The number of hydrogen-bond donors (Lipinski definition) is 2. The lowest BCUT2D eigenvalue weighted by Gasteiger charge is -2.34. The maximum atomic E-state index is 9.66. The van der Waals surface area contributed by atoms with Gasteiger partial charge in [0, 0.05) is 26.2 Å². The topological polar surface area (TPSA) is 44.7 Å². The van der Waals surface area contributed by atoms with Gasteiger partial charge in [-0.2, -0.15) is 0 Å². The monoisotopic (exact) mass is 286 g/mol. The van der Waals surface area contributed by atoms with E-state index in [1.54, 1.807) is 7.11 Å². The maximum absolute atomic E-state index is 9.66. The van der Waals surface area contributed by atoms with Crippen molar-refractivity contribution in [2.24, 2.45) is 0 Å². The Bertz CT molecular complexity index is 395. The molecule has 0 radical (unpaired) electrons. The number of nitrogens with zero attached hydrogens (tertiary/aromatic N) is 1. The Morgan fingerprint density at radius 3 is 2.63 bits per heavy atom. The van der Waals surface area contributed by atoms with Crippen molar-refractivity contribution < 1.29 is 9.84 Å². The highest BCUT2D eigenvalue weighted by atomic mass is 35.5. The minimum absolute atomic E-state index is 0. The minimum Gasteiger partial charge on any atom is -0.496 e. The molecule has 1 heterocycles. The van der Waals surface area contributed by atoms with Crippen molar-refractivity contribution in [1.29, 1.82) is 0 Å². The summed E-state index contributed by atoms with van der Waals surface area (Å²) in [5.41, 5.74) is 2.25. The zero-order valence-corrected chi connectivity index (χ0v) is 12.4. The summed E-state index contributed by atoms with van der Waals surface area (Å²) in [6.07, 6.45) is 0. The van der Waals surface area contributed by atoms with Crippen LogP contribution in [0.2, 0.25) is 0 Å². The van der Waals surface area contributed by atoms with Crippen LogP contribution in [-0.2, 0) is 0 Å². The molecule has 0 bridgehead atoms. The van der Waals surface area contributed by atoms with Gasteiger partial charge < -0.3 is 15.2 Å². The minimum atomic E-state index is 0. The van der Waals surface area contributed by atoms with Gasteiger partial charge in [0.15, 0.2) is 0 Å². The molecule has 1 aliphatic heterocycles. The van der Waals surface area contributed by atoms with Gasteiger partial charge in [-0.1, -0.05) is 12.1 Å². The molecule has 108 valence electrons. The van der Waals surface area contributed by atoms with Crippen molar-refractivity contribution in [3.8, 4) is 5.75 Å². The first-order valence-electron chi connectivity index (χ1n) is 6.46. The van der Waals surface area contributed by atoms with E-state index >= 15 is 0 Å². The number of halogens is 1. The Morgan fingerprint density at radius 2 is 2.05 bits per heavy atom. The van der Waals surface area contributed by atoms with Crippen LogP contribution in [0.1, 0.15) is 17.2 Å². The van der Waals surface area contributed by atoms with Gasteiger partial charge in [0.25, 0.3) is 0 Å². The van der Waals surface area contributed by atoms with Crippen molar-refractivity contribution >= 4 is 12.4 Å². The first-order chi connectivity index (χ1) is 8.76. The van der Waals surface area contributed by atoms with Gasteiger partial charge in [-0.05, 0) is 24.1 Å². The van der Waals surface area contributed by atoms with Crippen LogP contribution in [0.3, 0.4) is 0 Å². The summed E-state index contributed by atoms with van der Waals surface area (Å²) in [4.78, 5) is 2.32. The second-order valence-corrected chi connectivity index (χ2v) is 4.71. The van der Waals surface area contributed by atoms with Crippen LogP contribution in [-0.4, -0.2) is 49.9 Å². The number of aliphatic hydroxyl groups excluding tert-OH is 1. The Kier molecular flexibility index (Phi) is 6.58. The maximum Gasteiger partial charge on any atom is 0.122 e. The van der Waals surface area contributed by atoms with Crippen molar-refractivity contribution in [2.75, 3.05) is 39.9 Å². The van der Waals surface area contributed by atoms with Gasteiger partial charge in [0.05, 0.1) is 19.8 Å². The van der Waals surface area contributed by atoms with E-state index in [1.165, 1.54) is 0 Å². The summed E-state index contributed by atoms with van der Waals surface area (Å²) in [7, 11) is 1.69. The van der Waals surface area contributed by atoms with E-state index in [-0.39, 0.29) is 25.1 Å². The highest BCUT2D eigenvalue weighted by molar-refractivity contribution is 5.85. The van der Waals surface area contributed by atoms with E-state index in [1.807, 2.05) is 13.0 Å². The third kappa shape index (κ3) is 3.83. The van der Waals surface area contributed by atoms with Crippen molar-refractivity contribution in [3.05, 3.63) is 29.3 Å². The summed E-state index contributed by atoms with van der Waals surface area (Å²) in [6.45, 7) is 6.09. The molecule has 1 fully saturated rings. The molecule has 1 aliphatic rings. The molecule has 2 rings (SSSR count). The summed E-state index contributed by atoms with van der Waals surface area (Å²) in [5, 5.41) is 13.0. The Hall–Kier alpha value is -0.810. The van der Waals surface area contributed by atoms with Crippen LogP contribution >= 0.6 is 12.4 Å². The predicted octanol–water partition coefficient (Wildman–Crippen LogP) is 1.36. The van der Waals surface area contributed by atoms with Gasteiger partial charge in [0.2, 0.25) is 0 Å². The van der Waals surface area contributed by atoms with E-state index in [0.717, 1.165) is 43.1 Å². The number of nitrogens with one attached hydrogen (secondary N) is 1. The van der Waals surface area contributed by atoms with Gasteiger partial charge >= 0.3 is 0 Å². The molecular formula is C14H23ClN2O2. The zero-order chi connectivity index (χ0) is 13.0. The van der Waals surface area contributed by atoms with E-state index in [0.29, 0.717) is 0 Å². The Labute approximate surface area is 121 Å². The van der Waals surface area contributed by atoms with Crippen LogP contribution in [0.5, 0.6) is 5.75 Å². The van der Waals surface area contributed by atoms with Crippen molar-refractivity contribution in [1.82, 2.24) is 10.2 Å². The molecule has 0 aliphatic carbocycles. The lowest BCUT2D eigenvalue weighted by atomic mass is 10.0. The van der Waals surface area contributed by atoms with Crippen LogP contribution in [0.15, 0.2) is 18.2 Å². The van der Waals surface area contributed by atoms with Crippen LogP contribution < -0.4 is 10.1 Å². The van der Waals surface area contributed by atoms with Gasteiger partial charge in [-0.15, -0.1) is 12.4 Å². The SMILES string of the molecule is COc1cc([C@H](CO)N2CCNCC2)ccc1C.Cl. The molecule has 1 aromatic rings. The fourth-order valence-electron chi connectivity index (χ4n) is 2.47. The molecule has 19 heavy (non-hydrogen) atoms. The molecule has 4 nitrogen and oxygen atoms in total. The molecule has 1 saturated heterocycles. The molecular weight excluding hydrogens is 264 g/mol. The number of rotatable bonds is 4. The second kappa shape index (κ2) is 7.70. The fraction of sp³-hybridized carbons (Fsp3) is 0.571. The number of benzene rings is 1. The number of piperazine rings is 1. The number of aliphatic hydroxyl groups is 1. The highest BCUT2D eigenvalue weighted by Gasteiger charge is 2.21. The molecule has 2 N–H and O–H groups in total. The average molecular weight is 287 g/mol. The molecule has 1 aromatic carbocycles. The summed E-state index contributed by atoms with van der Waals surface area (Å²) in [5.74, 6) is 0.890. The lowest BCUT2D eigenvalue weighted by molar-refractivity contribution is 0.110.